The topological polar surface area (TPSA) is 30.0 Å². The number of halogens is 1. The standard InChI is InChI=1S/C11H8ClNO/c1-7(14)9-5-4-8-3-2-6-13-11(8)10(9)12/h2-6H,1H3. The summed E-state index contributed by atoms with van der Waals surface area (Å²) >= 11 is 6.05. The summed E-state index contributed by atoms with van der Waals surface area (Å²) in [5.41, 5.74) is 1.21. The van der Waals surface area contributed by atoms with E-state index in [1.807, 2.05) is 18.2 Å². The Balaban J connectivity index is 2.81. The highest BCUT2D eigenvalue weighted by Crippen LogP contribution is 2.25. The zero-order valence-corrected chi connectivity index (χ0v) is 8.38. The van der Waals surface area contributed by atoms with Crippen LogP contribution >= 0.6 is 11.6 Å². The molecule has 0 spiro atoms. The van der Waals surface area contributed by atoms with E-state index in [0.29, 0.717) is 16.1 Å². The number of aromatic nitrogens is 1. The molecule has 0 atom stereocenters. The van der Waals surface area contributed by atoms with Gasteiger partial charge in [-0.15, -0.1) is 0 Å². The fourth-order valence-corrected chi connectivity index (χ4v) is 1.74. The first-order valence-electron chi connectivity index (χ1n) is 4.24. The molecule has 0 saturated carbocycles. The van der Waals surface area contributed by atoms with Gasteiger partial charge in [-0.25, -0.2) is 0 Å². The van der Waals surface area contributed by atoms with E-state index in [2.05, 4.69) is 4.98 Å². The molecule has 0 saturated heterocycles. The number of hydrogen-bond acceptors (Lipinski definition) is 2. The molecule has 0 N–H and O–H groups in total. The van der Waals surface area contributed by atoms with Crippen LogP contribution in [0.4, 0.5) is 0 Å². The van der Waals surface area contributed by atoms with E-state index in [0.717, 1.165) is 5.39 Å². The van der Waals surface area contributed by atoms with Gasteiger partial charge in [0.25, 0.3) is 0 Å². The van der Waals surface area contributed by atoms with Crippen molar-refractivity contribution in [1.82, 2.24) is 4.98 Å². The van der Waals surface area contributed by atoms with E-state index in [9.17, 15) is 4.79 Å². The molecule has 0 bridgehead atoms. The normalized spacial score (nSPS) is 10.4. The minimum absolute atomic E-state index is 0.0393. The molecule has 0 unspecified atom stereocenters. The second-order valence-corrected chi connectivity index (χ2v) is 3.44. The number of fused-ring (bicyclic) bond motifs is 1. The molecule has 0 aliphatic carbocycles. The summed E-state index contributed by atoms with van der Waals surface area (Å²) in [4.78, 5) is 15.3. The van der Waals surface area contributed by atoms with Crippen LogP contribution in [0.2, 0.25) is 5.02 Å². The average molecular weight is 206 g/mol. The largest absolute Gasteiger partial charge is 0.294 e. The third-order valence-electron chi connectivity index (χ3n) is 2.09. The molecule has 0 fully saturated rings. The zero-order valence-electron chi connectivity index (χ0n) is 7.62. The number of benzene rings is 1. The van der Waals surface area contributed by atoms with Crippen molar-refractivity contribution in [3.05, 3.63) is 41.0 Å². The quantitative estimate of drug-likeness (QED) is 0.670. The van der Waals surface area contributed by atoms with Crippen molar-refractivity contribution in [1.29, 1.82) is 0 Å². The lowest BCUT2D eigenvalue weighted by Crippen LogP contribution is -1.94. The third kappa shape index (κ3) is 1.38. The van der Waals surface area contributed by atoms with Crippen molar-refractivity contribution in [2.45, 2.75) is 6.92 Å². The van der Waals surface area contributed by atoms with Gasteiger partial charge < -0.3 is 0 Å². The Bertz CT molecular complexity index is 508. The minimum atomic E-state index is -0.0393. The molecule has 1 aromatic heterocycles. The summed E-state index contributed by atoms with van der Waals surface area (Å²) in [5, 5.41) is 1.39. The molecule has 0 radical (unpaired) electrons. The Morgan fingerprint density at radius 3 is 2.86 bits per heavy atom. The lowest BCUT2D eigenvalue weighted by atomic mass is 10.1. The van der Waals surface area contributed by atoms with Gasteiger partial charge in [0.2, 0.25) is 0 Å². The minimum Gasteiger partial charge on any atom is -0.294 e. The van der Waals surface area contributed by atoms with Crippen LogP contribution < -0.4 is 0 Å². The first kappa shape index (κ1) is 9.16. The fourth-order valence-electron chi connectivity index (χ4n) is 1.38. The maximum absolute atomic E-state index is 11.2. The average Bonchev–Trinajstić information content (AvgIpc) is 2.18. The number of carbonyl (C=O) groups is 1. The number of carbonyl (C=O) groups excluding carboxylic acids is 1. The zero-order chi connectivity index (χ0) is 10.1. The van der Waals surface area contributed by atoms with Crippen molar-refractivity contribution in [3.8, 4) is 0 Å². The lowest BCUT2D eigenvalue weighted by Gasteiger charge is -2.03. The second-order valence-electron chi connectivity index (χ2n) is 3.06. The molecular weight excluding hydrogens is 198 g/mol. The third-order valence-corrected chi connectivity index (χ3v) is 2.47. The van der Waals surface area contributed by atoms with E-state index in [1.165, 1.54) is 6.92 Å². The van der Waals surface area contributed by atoms with E-state index < -0.39 is 0 Å². The summed E-state index contributed by atoms with van der Waals surface area (Å²) in [6.45, 7) is 1.50. The molecule has 0 amide bonds. The van der Waals surface area contributed by atoms with Crippen LogP contribution in [0.5, 0.6) is 0 Å². The number of Topliss-reactive ketones (excluding diaryl/α,β-unsaturated/α-hetero) is 1. The van der Waals surface area contributed by atoms with Gasteiger partial charge >= 0.3 is 0 Å². The molecule has 0 aliphatic heterocycles. The van der Waals surface area contributed by atoms with Crippen molar-refractivity contribution in [3.63, 3.8) is 0 Å². The Labute approximate surface area is 86.5 Å². The van der Waals surface area contributed by atoms with Crippen molar-refractivity contribution < 1.29 is 4.79 Å². The van der Waals surface area contributed by atoms with Crippen LogP contribution in [0.15, 0.2) is 30.5 Å². The molecule has 2 aromatic rings. The molecular formula is C11H8ClNO. The highest BCUT2D eigenvalue weighted by Gasteiger charge is 2.09. The van der Waals surface area contributed by atoms with Crippen molar-refractivity contribution in [2.24, 2.45) is 0 Å². The Hall–Kier alpha value is -1.41. The first-order valence-corrected chi connectivity index (χ1v) is 4.62. The van der Waals surface area contributed by atoms with Gasteiger partial charge in [-0.1, -0.05) is 23.7 Å². The second kappa shape index (κ2) is 3.39. The molecule has 14 heavy (non-hydrogen) atoms. The van der Waals surface area contributed by atoms with Crippen LogP contribution in [-0.4, -0.2) is 10.8 Å². The van der Waals surface area contributed by atoms with Gasteiger partial charge in [0, 0.05) is 17.1 Å². The fraction of sp³-hybridized carbons (Fsp3) is 0.0909. The SMILES string of the molecule is CC(=O)c1ccc2cccnc2c1Cl. The molecule has 3 heteroatoms. The summed E-state index contributed by atoms with van der Waals surface area (Å²) in [5.74, 6) is -0.0393. The number of pyridine rings is 1. The van der Waals surface area contributed by atoms with Crippen LogP contribution in [0.25, 0.3) is 10.9 Å². The van der Waals surface area contributed by atoms with Gasteiger partial charge in [-0.05, 0) is 19.1 Å². The molecule has 2 rings (SSSR count). The van der Waals surface area contributed by atoms with Gasteiger partial charge in [0.15, 0.2) is 5.78 Å². The van der Waals surface area contributed by atoms with Crippen LogP contribution in [-0.2, 0) is 0 Å². The van der Waals surface area contributed by atoms with E-state index in [1.54, 1.807) is 12.3 Å². The first-order chi connectivity index (χ1) is 6.70. The molecule has 70 valence electrons. The molecule has 1 heterocycles. The lowest BCUT2D eigenvalue weighted by molar-refractivity contribution is 0.101. The van der Waals surface area contributed by atoms with E-state index in [4.69, 9.17) is 11.6 Å². The van der Waals surface area contributed by atoms with Gasteiger partial charge in [0.05, 0.1) is 10.5 Å². The van der Waals surface area contributed by atoms with Crippen LogP contribution in [0.1, 0.15) is 17.3 Å². The van der Waals surface area contributed by atoms with Crippen LogP contribution in [0.3, 0.4) is 0 Å². The molecule has 0 aliphatic rings. The monoisotopic (exact) mass is 205 g/mol. The predicted octanol–water partition coefficient (Wildman–Crippen LogP) is 3.09. The van der Waals surface area contributed by atoms with E-state index in [-0.39, 0.29) is 5.78 Å². The summed E-state index contributed by atoms with van der Waals surface area (Å²) < 4.78 is 0. The number of hydrogen-bond donors (Lipinski definition) is 0. The Morgan fingerprint density at radius 1 is 1.36 bits per heavy atom. The number of ketones is 1. The summed E-state index contributed by atoms with van der Waals surface area (Å²) in [6, 6.07) is 7.34. The van der Waals surface area contributed by atoms with Gasteiger partial charge in [0.1, 0.15) is 0 Å². The van der Waals surface area contributed by atoms with Gasteiger partial charge in [-0.3, -0.25) is 9.78 Å². The smallest absolute Gasteiger partial charge is 0.161 e. The Morgan fingerprint density at radius 2 is 2.14 bits per heavy atom. The van der Waals surface area contributed by atoms with Crippen molar-refractivity contribution >= 4 is 28.3 Å². The number of nitrogens with zero attached hydrogens (tertiary/aromatic N) is 1. The summed E-state index contributed by atoms with van der Waals surface area (Å²) in [6.07, 6.45) is 1.66. The maximum Gasteiger partial charge on any atom is 0.161 e. The Kier molecular flexibility index (Phi) is 2.22. The highest BCUT2D eigenvalue weighted by molar-refractivity contribution is 6.38. The number of rotatable bonds is 1. The molecule has 1 aromatic carbocycles. The van der Waals surface area contributed by atoms with Crippen LogP contribution in [0, 0.1) is 0 Å². The molecule has 2 nitrogen and oxygen atoms in total. The maximum atomic E-state index is 11.2. The van der Waals surface area contributed by atoms with Gasteiger partial charge in [-0.2, -0.15) is 0 Å². The highest BCUT2D eigenvalue weighted by atomic mass is 35.5. The predicted molar refractivity (Wildman–Crippen MR) is 56.8 cm³/mol. The van der Waals surface area contributed by atoms with E-state index >= 15 is 0 Å². The van der Waals surface area contributed by atoms with Crippen molar-refractivity contribution in [2.75, 3.05) is 0 Å². The summed E-state index contributed by atoms with van der Waals surface area (Å²) in [7, 11) is 0.